The lowest BCUT2D eigenvalue weighted by Crippen LogP contribution is -1.96. The SMILES string of the molecule is Cc1cc(Oc2nc(Cl)ccc2N)cc(C)c1Cl. The van der Waals surface area contributed by atoms with E-state index in [2.05, 4.69) is 4.98 Å². The van der Waals surface area contributed by atoms with Crippen molar-refractivity contribution in [2.45, 2.75) is 13.8 Å². The molecule has 0 aliphatic heterocycles. The van der Waals surface area contributed by atoms with Gasteiger partial charge in [-0.1, -0.05) is 23.2 Å². The molecule has 5 heteroatoms. The molecule has 0 aliphatic rings. The van der Waals surface area contributed by atoms with Crippen molar-refractivity contribution in [1.29, 1.82) is 0 Å². The van der Waals surface area contributed by atoms with Crippen molar-refractivity contribution in [3.05, 3.63) is 45.6 Å². The van der Waals surface area contributed by atoms with Crippen LogP contribution >= 0.6 is 23.2 Å². The molecule has 94 valence electrons. The molecule has 2 N–H and O–H groups in total. The van der Waals surface area contributed by atoms with Crippen LogP contribution in [0.25, 0.3) is 0 Å². The summed E-state index contributed by atoms with van der Waals surface area (Å²) in [5.74, 6) is 0.930. The summed E-state index contributed by atoms with van der Waals surface area (Å²) in [4.78, 5) is 4.03. The number of ether oxygens (including phenoxy) is 1. The number of halogens is 2. The highest BCUT2D eigenvalue weighted by Crippen LogP contribution is 2.31. The number of nitrogens with zero attached hydrogens (tertiary/aromatic N) is 1. The van der Waals surface area contributed by atoms with Crippen LogP contribution in [0.15, 0.2) is 24.3 Å². The summed E-state index contributed by atoms with van der Waals surface area (Å²) in [6.07, 6.45) is 0. The highest BCUT2D eigenvalue weighted by atomic mass is 35.5. The highest BCUT2D eigenvalue weighted by Gasteiger charge is 2.08. The molecule has 1 heterocycles. The number of rotatable bonds is 2. The van der Waals surface area contributed by atoms with E-state index in [0.29, 0.717) is 22.5 Å². The maximum absolute atomic E-state index is 6.09. The summed E-state index contributed by atoms with van der Waals surface area (Å²) in [6, 6.07) is 6.93. The first kappa shape index (κ1) is 13.0. The van der Waals surface area contributed by atoms with Crippen molar-refractivity contribution in [3.63, 3.8) is 0 Å². The fourth-order valence-electron chi connectivity index (χ4n) is 1.59. The third-order valence-corrected chi connectivity index (χ3v) is 3.29. The van der Waals surface area contributed by atoms with Gasteiger partial charge in [0, 0.05) is 5.02 Å². The normalized spacial score (nSPS) is 10.4. The summed E-state index contributed by atoms with van der Waals surface area (Å²) in [7, 11) is 0. The number of benzene rings is 1. The van der Waals surface area contributed by atoms with Gasteiger partial charge in [-0.3, -0.25) is 0 Å². The van der Waals surface area contributed by atoms with Crippen LogP contribution in [-0.2, 0) is 0 Å². The lowest BCUT2D eigenvalue weighted by atomic mass is 10.1. The maximum atomic E-state index is 6.09. The van der Waals surface area contributed by atoms with Gasteiger partial charge in [-0.15, -0.1) is 0 Å². The van der Waals surface area contributed by atoms with Gasteiger partial charge in [0.25, 0.3) is 0 Å². The average molecular weight is 283 g/mol. The molecule has 2 aromatic rings. The molecule has 0 saturated carbocycles. The largest absolute Gasteiger partial charge is 0.437 e. The maximum Gasteiger partial charge on any atom is 0.244 e. The van der Waals surface area contributed by atoms with Crippen LogP contribution in [-0.4, -0.2) is 4.98 Å². The van der Waals surface area contributed by atoms with Crippen molar-refractivity contribution >= 4 is 28.9 Å². The standard InChI is InChI=1S/C13H12Cl2N2O/c1-7-5-9(6-8(2)12(7)15)18-13-10(16)3-4-11(14)17-13/h3-6H,16H2,1-2H3. The van der Waals surface area contributed by atoms with Gasteiger partial charge in [0.05, 0.1) is 5.69 Å². The van der Waals surface area contributed by atoms with Crippen LogP contribution in [0.1, 0.15) is 11.1 Å². The van der Waals surface area contributed by atoms with E-state index >= 15 is 0 Å². The molecule has 0 fully saturated rings. The number of aromatic nitrogens is 1. The molecular weight excluding hydrogens is 271 g/mol. The fourth-order valence-corrected chi connectivity index (χ4v) is 1.84. The van der Waals surface area contributed by atoms with Crippen LogP contribution in [0, 0.1) is 13.8 Å². The first-order valence-electron chi connectivity index (χ1n) is 5.34. The molecule has 0 saturated heterocycles. The Kier molecular flexibility index (Phi) is 3.64. The van der Waals surface area contributed by atoms with Gasteiger partial charge in [-0.25, -0.2) is 0 Å². The van der Waals surface area contributed by atoms with Crippen LogP contribution < -0.4 is 10.5 Å². The Morgan fingerprint density at radius 3 is 2.33 bits per heavy atom. The van der Waals surface area contributed by atoms with Gasteiger partial charge in [-0.05, 0) is 49.2 Å². The Labute approximate surface area is 115 Å². The molecule has 18 heavy (non-hydrogen) atoms. The fraction of sp³-hybridized carbons (Fsp3) is 0.154. The number of nitrogen functional groups attached to an aromatic ring is 1. The second-order valence-corrected chi connectivity index (χ2v) is 4.77. The minimum Gasteiger partial charge on any atom is -0.437 e. The summed E-state index contributed by atoms with van der Waals surface area (Å²) in [5, 5.41) is 1.07. The molecule has 0 bridgehead atoms. The van der Waals surface area contributed by atoms with Gasteiger partial charge >= 0.3 is 0 Å². The van der Waals surface area contributed by atoms with Crippen molar-refractivity contribution in [2.75, 3.05) is 5.73 Å². The van der Waals surface area contributed by atoms with E-state index in [1.807, 2.05) is 26.0 Å². The van der Waals surface area contributed by atoms with Crippen molar-refractivity contribution in [3.8, 4) is 11.6 Å². The number of hydrogen-bond donors (Lipinski definition) is 1. The van der Waals surface area contributed by atoms with Gasteiger partial charge < -0.3 is 10.5 Å². The Hall–Kier alpha value is -1.45. The number of aryl methyl sites for hydroxylation is 2. The lowest BCUT2D eigenvalue weighted by Gasteiger charge is -2.10. The van der Waals surface area contributed by atoms with E-state index in [1.54, 1.807) is 12.1 Å². The van der Waals surface area contributed by atoms with Crippen molar-refractivity contribution in [1.82, 2.24) is 4.98 Å². The third-order valence-electron chi connectivity index (χ3n) is 2.48. The van der Waals surface area contributed by atoms with E-state index in [0.717, 1.165) is 16.1 Å². The number of hydrogen-bond acceptors (Lipinski definition) is 3. The van der Waals surface area contributed by atoms with E-state index in [4.69, 9.17) is 33.7 Å². The zero-order valence-electron chi connectivity index (χ0n) is 10.00. The second-order valence-electron chi connectivity index (χ2n) is 4.00. The number of nitrogens with two attached hydrogens (primary N) is 1. The first-order chi connectivity index (χ1) is 8.47. The topological polar surface area (TPSA) is 48.1 Å². The molecule has 0 amide bonds. The molecule has 1 aromatic carbocycles. The van der Waals surface area contributed by atoms with Gasteiger partial charge in [0.1, 0.15) is 10.9 Å². The second kappa shape index (κ2) is 5.04. The molecule has 0 aliphatic carbocycles. The predicted molar refractivity (Wildman–Crippen MR) is 74.7 cm³/mol. The minimum absolute atomic E-state index is 0.295. The van der Waals surface area contributed by atoms with Gasteiger partial charge in [0.2, 0.25) is 5.88 Å². The monoisotopic (exact) mass is 282 g/mol. The molecule has 0 radical (unpaired) electrons. The molecule has 1 aromatic heterocycles. The Bertz CT molecular complexity index is 577. The summed E-state index contributed by atoms with van der Waals surface area (Å²) >= 11 is 11.9. The molecule has 3 nitrogen and oxygen atoms in total. The average Bonchev–Trinajstić information content (AvgIpc) is 2.31. The zero-order valence-corrected chi connectivity index (χ0v) is 11.5. The van der Waals surface area contributed by atoms with Crippen molar-refractivity contribution < 1.29 is 4.74 Å². The van der Waals surface area contributed by atoms with Gasteiger partial charge in [0.15, 0.2) is 0 Å². The van der Waals surface area contributed by atoms with Crippen LogP contribution in [0.3, 0.4) is 0 Å². The molecule has 0 spiro atoms. The summed E-state index contributed by atoms with van der Waals surface area (Å²) in [5.41, 5.74) is 8.08. The van der Waals surface area contributed by atoms with E-state index < -0.39 is 0 Å². The zero-order chi connectivity index (χ0) is 13.3. The van der Waals surface area contributed by atoms with E-state index in [-0.39, 0.29) is 0 Å². The minimum atomic E-state index is 0.295. The summed E-state index contributed by atoms with van der Waals surface area (Å²) < 4.78 is 5.63. The Morgan fingerprint density at radius 1 is 1.11 bits per heavy atom. The molecule has 2 rings (SSSR count). The molecule has 0 unspecified atom stereocenters. The third kappa shape index (κ3) is 2.68. The summed E-state index contributed by atoms with van der Waals surface area (Å²) in [6.45, 7) is 3.83. The van der Waals surface area contributed by atoms with E-state index in [1.165, 1.54) is 0 Å². The molecular formula is C13H12Cl2N2O. The smallest absolute Gasteiger partial charge is 0.244 e. The predicted octanol–water partition coefficient (Wildman–Crippen LogP) is 4.38. The number of anilines is 1. The van der Waals surface area contributed by atoms with Gasteiger partial charge in [-0.2, -0.15) is 4.98 Å². The molecule has 0 atom stereocenters. The lowest BCUT2D eigenvalue weighted by molar-refractivity contribution is 0.465. The van der Waals surface area contributed by atoms with Crippen LogP contribution in [0.4, 0.5) is 5.69 Å². The Morgan fingerprint density at radius 2 is 1.72 bits per heavy atom. The van der Waals surface area contributed by atoms with Crippen molar-refractivity contribution in [2.24, 2.45) is 0 Å². The number of pyridine rings is 1. The van der Waals surface area contributed by atoms with Crippen LogP contribution in [0.5, 0.6) is 11.6 Å². The Balaban J connectivity index is 2.37. The van der Waals surface area contributed by atoms with Crippen LogP contribution in [0.2, 0.25) is 10.2 Å². The first-order valence-corrected chi connectivity index (χ1v) is 6.09. The highest BCUT2D eigenvalue weighted by molar-refractivity contribution is 6.32. The quantitative estimate of drug-likeness (QED) is 0.832. The van der Waals surface area contributed by atoms with E-state index in [9.17, 15) is 0 Å².